The minimum Gasteiger partial charge on any atom is -0.481 e. The summed E-state index contributed by atoms with van der Waals surface area (Å²) in [4.78, 5) is 143. The molecule has 0 bridgehead atoms. The second-order valence-electron chi connectivity index (χ2n) is 34.6. The zero-order chi connectivity index (χ0) is 104. The Balaban J connectivity index is 0.000000162. The fourth-order valence-electron chi connectivity index (χ4n) is 17.6. The third kappa shape index (κ3) is 28.3. The molecule has 16 rings (SSSR count). The maximum atomic E-state index is 13.9. The van der Waals surface area contributed by atoms with E-state index in [1.54, 1.807) is 45.6 Å². The van der Waals surface area contributed by atoms with Crippen molar-refractivity contribution >= 4 is 163 Å². The van der Waals surface area contributed by atoms with Gasteiger partial charge in [0.1, 0.15) is 47.4 Å². The van der Waals surface area contributed by atoms with Gasteiger partial charge < -0.3 is 79.6 Å². The summed E-state index contributed by atoms with van der Waals surface area (Å²) >= 11 is 31.1. The first kappa shape index (κ1) is 111. The van der Waals surface area contributed by atoms with Crippen molar-refractivity contribution in [2.75, 3.05) is 120 Å². The lowest BCUT2D eigenvalue weighted by molar-refractivity contribution is -0.144. The van der Waals surface area contributed by atoms with E-state index in [0.29, 0.717) is 186 Å². The van der Waals surface area contributed by atoms with E-state index in [4.69, 9.17) is 104 Å². The standard InChI is InChI=1S/C25H28ClFN4O5S.3C24H26ClFN4O5S/c1-13(24(32)33)10-19-14(2)36-8-7-31(19)12-18-20(25(34)35-3)21(16-5-4-15(27)11-17(16)26)30-22(29-18)23-28-6-9-37-23;1-13(23(31)32)9-15-12-35-7-6-30(15)11-18-19(24(33)34-2)20(16-4-3-14(26)10-17(16)25)29-21(28-18)22-27-5-8-36-22;1-13(23(31)32)9-15-11-30(6-7-35-15)12-18-19(24(33)34-2)20(16-4-3-14(26)10-17(16)25)29-21(28-18)22-27-5-8-36-22;1-13-18(5-6-19(31)32)30(8-9-35-13)12-17-20(24(33)34-2)21(15-4-3-14(26)11-16(15)25)29-22(28-17)23-27-7-10-36-23/h4-6,9,11,13-14,19,21H,7-8,10,12H2,1-3H3,(H,29,30)(H,32,33);2*3-5,8,10,13,15,20H,6-7,9,11-12H2,1-2H3,(H,28,29)(H,31,32);3-4,7,10-11,13,18,21H,5-6,8-9,12H2,1-2H3,(H,28,29)(H,31,32)/t13?,14-,19-,21+;2*13?,15-,20+;13-,18-,21+/m1111/s1. The number of carboxylic acids is 4. The van der Waals surface area contributed by atoms with E-state index >= 15 is 0 Å². The summed E-state index contributed by atoms with van der Waals surface area (Å²) in [5.74, 6) is -7.83. The molecule has 4 fully saturated rings. The number of methoxy groups -OCH3 is 4. The van der Waals surface area contributed by atoms with E-state index in [2.05, 4.69) is 60.8 Å². The van der Waals surface area contributed by atoms with Crippen molar-refractivity contribution in [3.05, 3.63) is 250 Å². The molecular weight excluding hydrogens is 2060 g/mol. The number of carbonyl (C=O) groups excluding carboxylic acids is 4. The van der Waals surface area contributed by atoms with Gasteiger partial charge in [0.15, 0.2) is 43.4 Å². The van der Waals surface area contributed by atoms with Gasteiger partial charge in [-0.25, -0.2) is 56.7 Å². The van der Waals surface area contributed by atoms with Gasteiger partial charge in [0, 0.05) is 195 Å². The number of ether oxygens (including phenoxy) is 8. The van der Waals surface area contributed by atoms with Gasteiger partial charge in [-0.1, -0.05) is 91.4 Å². The van der Waals surface area contributed by atoms with Crippen molar-refractivity contribution in [1.29, 1.82) is 0 Å². The van der Waals surface area contributed by atoms with Crippen LogP contribution in [0.3, 0.4) is 0 Å². The van der Waals surface area contributed by atoms with Gasteiger partial charge >= 0.3 is 47.8 Å². The first-order valence-corrected chi connectivity index (χ1v) is 50.9. The Kier molecular flexibility index (Phi) is 39.5. The number of nitrogens with one attached hydrogen (secondary N) is 4. The van der Waals surface area contributed by atoms with E-state index in [9.17, 15) is 76.3 Å². The Morgan fingerprint density at radius 1 is 0.428 bits per heavy atom. The van der Waals surface area contributed by atoms with Gasteiger partial charge in [0.25, 0.3) is 0 Å². The molecule has 8 aliphatic heterocycles. The Hall–Kier alpha value is -11.4. The fraction of sp³-hybridized carbons (Fsp3) is 0.423. The number of benzene rings is 4. The van der Waals surface area contributed by atoms with Crippen LogP contribution in [0.4, 0.5) is 17.6 Å². The van der Waals surface area contributed by atoms with Gasteiger partial charge in [-0.05, 0) is 88.1 Å². The SMILES string of the molecule is COC(=O)C1=C(CN2CCOC[C@H]2CC(C)C(=O)O)NC(c2nccs2)=N[C@H]1c1ccc(F)cc1Cl.COC(=O)C1=C(CN2CCO[C@H](C)[C@H]2CC(C)C(=O)O)NC(c2nccs2)=N[C@H]1c1ccc(F)cc1Cl.COC(=O)C1=C(CN2CCO[C@H](C)[C@H]2CCC(=O)O)NC(c2nccs2)=N[C@H]1c1ccc(F)cc1Cl.COC(=O)C1=C(CN2CCO[C@H](CC(C)C(=O)O)C2)NC(c2nccs2)=N[C@H]1c1ccc(F)cc1Cl. The molecule has 4 aromatic carbocycles. The molecule has 8 aromatic rings. The number of aliphatic carboxylic acids is 4. The van der Waals surface area contributed by atoms with E-state index in [1.807, 2.05) is 35.4 Å². The predicted octanol–water partition coefficient (Wildman–Crippen LogP) is 13.6. The molecule has 774 valence electrons. The normalized spacial score (nSPS) is 22.2. The highest BCUT2D eigenvalue weighted by Gasteiger charge is 2.44. The molecule has 4 saturated heterocycles. The van der Waals surface area contributed by atoms with Crippen LogP contribution in [0.15, 0.2) is 184 Å². The zero-order valence-corrected chi connectivity index (χ0v) is 86.1. The number of morpholine rings is 4. The van der Waals surface area contributed by atoms with E-state index in [1.165, 1.54) is 147 Å². The predicted molar refractivity (Wildman–Crippen MR) is 535 cm³/mol. The number of halogens is 8. The van der Waals surface area contributed by atoms with Crippen LogP contribution in [-0.4, -0.2) is 288 Å². The Bertz CT molecular complexity index is 6270. The maximum absolute atomic E-state index is 13.9. The number of hydrogen-bond acceptors (Lipinski definition) is 36. The average Bonchev–Trinajstić information content (AvgIpc) is 1.59. The van der Waals surface area contributed by atoms with Gasteiger partial charge in [-0.3, -0.25) is 58.7 Å². The largest absolute Gasteiger partial charge is 0.481 e. The lowest BCUT2D eigenvalue weighted by atomic mass is 9.93. The maximum Gasteiger partial charge on any atom is 0.338 e. The zero-order valence-electron chi connectivity index (χ0n) is 79.8. The van der Waals surface area contributed by atoms with Gasteiger partial charge in [-0.15, -0.1) is 45.3 Å². The molecule has 8 N–H and O–H groups in total. The molecular formula is C97H106Cl4F4N16O20S4. The highest BCUT2D eigenvalue weighted by Crippen LogP contribution is 2.44. The summed E-state index contributed by atoms with van der Waals surface area (Å²) in [6, 6.07) is 11.8. The van der Waals surface area contributed by atoms with Gasteiger partial charge in [0.2, 0.25) is 0 Å². The molecule has 3 unspecified atom stereocenters. The topological polar surface area (TPSA) is 453 Å². The third-order valence-corrected chi connectivity index (χ3v) is 29.5. The van der Waals surface area contributed by atoms with Crippen LogP contribution in [-0.2, 0) is 76.3 Å². The Morgan fingerprint density at radius 2 is 0.745 bits per heavy atom. The van der Waals surface area contributed by atoms with Gasteiger partial charge in [-0.2, -0.15) is 0 Å². The van der Waals surface area contributed by atoms with Crippen molar-refractivity contribution in [2.45, 2.75) is 127 Å². The minimum atomic E-state index is -0.887. The first-order chi connectivity index (χ1) is 69.5. The highest BCUT2D eigenvalue weighted by molar-refractivity contribution is 7.12. The molecule has 0 radical (unpaired) electrons. The number of thiazole rings is 4. The van der Waals surface area contributed by atoms with Crippen LogP contribution in [0.1, 0.15) is 133 Å². The molecule has 12 heterocycles. The second kappa shape index (κ2) is 51.7. The summed E-state index contributed by atoms with van der Waals surface area (Å²) in [5.41, 5.74) is 4.92. The van der Waals surface area contributed by atoms with Crippen molar-refractivity contribution in [1.82, 2.24) is 60.8 Å². The molecule has 0 amide bonds. The molecule has 145 heavy (non-hydrogen) atoms. The van der Waals surface area contributed by atoms with E-state index < -0.39 is 113 Å². The number of aromatic nitrogens is 4. The third-order valence-electron chi connectivity index (χ3n) is 25.0. The lowest BCUT2D eigenvalue weighted by Crippen LogP contribution is -2.53. The van der Waals surface area contributed by atoms with E-state index in [-0.39, 0.29) is 105 Å². The van der Waals surface area contributed by atoms with Crippen LogP contribution in [0, 0.1) is 41.0 Å². The number of carboxylic acid groups (broad SMARTS) is 4. The molecule has 4 aromatic heterocycles. The smallest absolute Gasteiger partial charge is 0.338 e. The molecule has 48 heteroatoms. The molecule has 0 aliphatic carbocycles. The number of carbonyl (C=O) groups is 8. The fourth-order valence-corrected chi connectivity index (χ4v) is 21.1. The first-order valence-electron chi connectivity index (χ1n) is 45.8. The van der Waals surface area contributed by atoms with Gasteiger partial charge in [0.05, 0.1) is 120 Å². The summed E-state index contributed by atoms with van der Waals surface area (Å²) in [7, 11) is 5.13. The van der Waals surface area contributed by atoms with Crippen molar-refractivity contribution in [3.63, 3.8) is 0 Å². The lowest BCUT2D eigenvalue weighted by Gasteiger charge is -2.42. The molecule has 13 atom stereocenters. The highest BCUT2D eigenvalue weighted by atomic mass is 35.5. The van der Waals surface area contributed by atoms with Crippen LogP contribution in [0.2, 0.25) is 20.1 Å². The number of rotatable bonds is 32. The van der Waals surface area contributed by atoms with Crippen molar-refractivity contribution in [3.8, 4) is 0 Å². The van der Waals surface area contributed by atoms with Crippen molar-refractivity contribution < 1.29 is 114 Å². The molecule has 0 saturated carbocycles. The number of aliphatic imine (C=N–C) groups is 4. The minimum absolute atomic E-state index is 0.00909. The summed E-state index contributed by atoms with van der Waals surface area (Å²) in [5, 5.41) is 60.7. The Morgan fingerprint density at radius 3 is 1.08 bits per heavy atom. The number of esters is 4. The Labute approximate surface area is 867 Å². The molecule has 8 aliphatic rings. The van der Waals surface area contributed by atoms with Crippen LogP contribution < -0.4 is 21.3 Å². The van der Waals surface area contributed by atoms with Crippen LogP contribution >= 0.6 is 91.8 Å². The van der Waals surface area contributed by atoms with Crippen LogP contribution in [0.5, 0.6) is 0 Å². The average molecular weight is 2160 g/mol. The summed E-state index contributed by atoms with van der Waals surface area (Å²) in [6.45, 7) is 14.9. The molecule has 0 spiro atoms. The molecule has 36 nitrogen and oxygen atoms in total. The quantitative estimate of drug-likeness (QED) is 0.0110. The van der Waals surface area contributed by atoms with Crippen LogP contribution in [0.25, 0.3) is 0 Å². The van der Waals surface area contributed by atoms with E-state index in [0.717, 1.165) is 0 Å². The van der Waals surface area contributed by atoms with Crippen molar-refractivity contribution in [2.24, 2.45) is 37.7 Å². The number of hydrogen-bond donors (Lipinski definition) is 8. The number of amidine groups is 4. The number of nitrogens with zero attached hydrogens (tertiary/aromatic N) is 12. The second-order valence-corrected chi connectivity index (χ2v) is 39.8. The summed E-state index contributed by atoms with van der Waals surface area (Å²) in [6.07, 6.45) is 7.44. The monoisotopic (exact) mass is 2160 g/mol. The summed E-state index contributed by atoms with van der Waals surface area (Å²) < 4.78 is 98.8.